The molecule has 12 nitrogen and oxygen atoms in total. The lowest BCUT2D eigenvalue weighted by molar-refractivity contribution is -0.384. The van der Waals surface area contributed by atoms with Crippen LogP contribution in [0.1, 0.15) is 24.0 Å². The Balaban J connectivity index is 1.93. The molecule has 2 unspecified atom stereocenters. The summed E-state index contributed by atoms with van der Waals surface area (Å²) in [5.74, 6) is -3.80. The van der Waals surface area contributed by atoms with Crippen LogP contribution in [-0.2, 0) is 30.3 Å². The lowest BCUT2D eigenvalue weighted by Crippen LogP contribution is -2.40. The number of amides is 1. The van der Waals surface area contributed by atoms with Crippen molar-refractivity contribution in [3.63, 3.8) is 0 Å². The predicted octanol–water partition coefficient (Wildman–Crippen LogP) is 2.97. The van der Waals surface area contributed by atoms with Gasteiger partial charge in [0.05, 0.1) is 23.3 Å². The Kier molecular flexibility index (Phi) is 9.87. The molecule has 1 amide bonds. The van der Waals surface area contributed by atoms with Gasteiger partial charge in [-0.1, -0.05) is 42.5 Å². The molecule has 2 N–H and O–H groups in total. The van der Waals surface area contributed by atoms with E-state index in [9.17, 15) is 24.5 Å². The minimum absolute atomic E-state index is 0.0411. The third-order valence-corrected chi connectivity index (χ3v) is 6.18. The summed E-state index contributed by atoms with van der Waals surface area (Å²) in [7, 11) is 3.05. The highest BCUT2D eigenvalue weighted by molar-refractivity contribution is 6.08. The van der Waals surface area contributed by atoms with Crippen molar-refractivity contribution < 1.29 is 33.5 Å². The van der Waals surface area contributed by atoms with Crippen LogP contribution in [0.3, 0.4) is 0 Å². The van der Waals surface area contributed by atoms with E-state index in [1.54, 1.807) is 13.0 Å². The van der Waals surface area contributed by atoms with E-state index in [2.05, 4.69) is 4.99 Å². The Hall–Kier alpha value is -4.58. The number of primary amides is 1. The van der Waals surface area contributed by atoms with Crippen LogP contribution < -0.4 is 5.73 Å². The molecule has 0 saturated heterocycles. The van der Waals surface area contributed by atoms with E-state index >= 15 is 0 Å². The molecule has 2 aromatic rings. The zero-order valence-corrected chi connectivity index (χ0v) is 21.9. The fraction of sp³-hybridized carbons (Fsp3) is 0.333. The van der Waals surface area contributed by atoms with Gasteiger partial charge in [0.2, 0.25) is 0 Å². The number of carbonyl (C=O) groups is 3. The van der Waals surface area contributed by atoms with Crippen molar-refractivity contribution in [1.29, 1.82) is 0 Å². The summed E-state index contributed by atoms with van der Waals surface area (Å²) in [6.45, 7) is 2.22. The third kappa shape index (κ3) is 7.48. The van der Waals surface area contributed by atoms with Crippen molar-refractivity contribution in [3.8, 4) is 0 Å². The lowest BCUT2D eigenvalue weighted by Gasteiger charge is -2.32. The summed E-state index contributed by atoms with van der Waals surface area (Å²) in [6, 6.07) is 15.4. The number of hydrogen-bond donors (Lipinski definition) is 1. The smallest absolute Gasteiger partial charge is 0.404 e. The Labute approximate surface area is 225 Å². The van der Waals surface area contributed by atoms with E-state index in [1.807, 2.05) is 42.3 Å². The highest BCUT2D eigenvalue weighted by atomic mass is 16.6. The minimum Gasteiger partial charge on any atom is -0.468 e. The number of nitrogens with zero attached hydrogens (tertiary/aromatic N) is 3. The van der Waals surface area contributed by atoms with Crippen LogP contribution in [0.5, 0.6) is 0 Å². The first-order valence-electron chi connectivity index (χ1n) is 12.0. The molecular formula is C27H30N4O8. The number of nitrogens with two attached hydrogens (primary N) is 1. The molecule has 206 valence electrons. The van der Waals surface area contributed by atoms with E-state index in [1.165, 1.54) is 18.2 Å². The van der Waals surface area contributed by atoms with E-state index < -0.39 is 41.4 Å². The highest BCUT2D eigenvalue weighted by Gasteiger charge is 2.44. The Morgan fingerprint density at radius 2 is 1.82 bits per heavy atom. The maximum Gasteiger partial charge on any atom is 0.404 e. The fourth-order valence-corrected chi connectivity index (χ4v) is 4.41. The number of non-ortho nitro benzene ring substituents is 1. The van der Waals surface area contributed by atoms with Gasteiger partial charge >= 0.3 is 18.0 Å². The zero-order chi connectivity index (χ0) is 28.5. The van der Waals surface area contributed by atoms with Crippen LogP contribution in [-0.4, -0.2) is 67.5 Å². The van der Waals surface area contributed by atoms with Gasteiger partial charge in [0.1, 0.15) is 19.1 Å². The molecule has 0 aromatic heterocycles. The SMILES string of the molecule is COC(=O)C1C(COC(N)=O)=NC(C)=C(C(=O)OCCN(C)Cc2ccccc2)C1c1cccc([N+](=O)[O-])c1. The zero-order valence-electron chi connectivity index (χ0n) is 21.9. The van der Waals surface area contributed by atoms with E-state index in [-0.39, 0.29) is 29.3 Å². The number of carbonyl (C=O) groups excluding carboxylic acids is 3. The summed E-state index contributed by atoms with van der Waals surface area (Å²) in [6.07, 6.45) is -1.08. The number of benzene rings is 2. The van der Waals surface area contributed by atoms with Crippen LogP contribution in [0.15, 0.2) is 70.9 Å². The van der Waals surface area contributed by atoms with Crippen LogP contribution in [0.4, 0.5) is 10.5 Å². The fourth-order valence-electron chi connectivity index (χ4n) is 4.41. The van der Waals surface area contributed by atoms with Crippen LogP contribution >= 0.6 is 0 Å². The van der Waals surface area contributed by atoms with Gasteiger partial charge in [0, 0.05) is 36.8 Å². The van der Waals surface area contributed by atoms with Gasteiger partial charge in [-0.3, -0.25) is 24.8 Å². The monoisotopic (exact) mass is 538 g/mol. The van der Waals surface area contributed by atoms with Crippen LogP contribution in [0, 0.1) is 16.0 Å². The topological polar surface area (TPSA) is 164 Å². The maximum absolute atomic E-state index is 13.4. The van der Waals surface area contributed by atoms with Gasteiger partial charge in [-0.2, -0.15) is 0 Å². The number of allylic oxidation sites excluding steroid dienone is 1. The van der Waals surface area contributed by atoms with E-state index in [4.69, 9.17) is 19.9 Å². The van der Waals surface area contributed by atoms with Gasteiger partial charge in [-0.05, 0) is 25.1 Å². The van der Waals surface area contributed by atoms with Crippen molar-refractivity contribution >= 4 is 29.4 Å². The molecule has 0 fully saturated rings. The van der Waals surface area contributed by atoms with Crippen LogP contribution in [0.2, 0.25) is 0 Å². The number of hydrogen-bond acceptors (Lipinski definition) is 10. The summed E-state index contributed by atoms with van der Waals surface area (Å²) in [4.78, 5) is 54.9. The highest BCUT2D eigenvalue weighted by Crippen LogP contribution is 2.41. The number of methoxy groups -OCH3 is 1. The molecular weight excluding hydrogens is 508 g/mol. The Morgan fingerprint density at radius 1 is 1.10 bits per heavy atom. The van der Waals surface area contributed by atoms with Crippen molar-refractivity contribution in [2.24, 2.45) is 16.6 Å². The van der Waals surface area contributed by atoms with Crippen molar-refractivity contribution in [3.05, 3.63) is 87.1 Å². The molecule has 0 aliphatic carbocycles. The maximum atomic E-state index is 13.4. The number of likely N-dealkylation sites (N-methyl/N-ethyl adjacent to an activating group) is 1. The average Bonchev–Trinajstić information content (AvgIpc) is 2.91. The molecule has 12 heteroatoms. The first kappa shape index (κ1) is 29.0. The normalized spacial score (nSPS) is 16.9. The number of rotatable bonds is 11. The molecule has 0 saturated carbocycles. The molecule has 0 bridgehead atoms. The molecule has 1 aliphatic rings. The van der Waals surface area contributed by atoms with Gasteiger partial charge < -0.3 is 19.9 Å². The average molecular weight is 539 g/mol. The quantitative estimate of drug-likeness (QED) is 0.196. The Bertz CT molecular complexity index is 1290. The molecule has 39 heavy (non-hydrogen) atoms. The predicted molar refractivity (Wildman–Crippen MR) is 141 cm³/mol. The second-order valence-corrected chi connectivity index (χ2v) is 8.90. The van der Waals surface area contributed by atoms with Gasteiger partial charge in [0.15, 0.2) is 0 Å². The largest absolute Gasteiger partial charge is 0.468 e. The molecule has 1 aliphatic heterocycles. The third-order valence-electron chi connectivity index (χ3n) is 6.18. The molecule has 2 aromatic carbocycles. The standard InChI is InChI=1S/C27H30N4O8/c1-17-22(26(33)38-13-12-30(2)15-18-8-5-4-6-9-18)23(19-10-7-11-20(14-19)31(35)36)24(25(32)37-3)21(29-17)16-39-27(28)34/h4-11,14,23-24H,12-13,15-16H2,1-3H3,(H2,28,34). The first-order chi connectivity index (χ1) is 18.6. The number of nitro groups is 1. The molecule has 0 spiro atoms. The second kappa shape index (κ2) is 13.3. The van der Waals surface area contributed by atoms with Gasteiger partial charge in [0.25, 0.3) is 5.69 Å². The summed E-state index contributed by atoms with van der Waals surface area (Å²) < 4.78 is 15.5. The van der Waals surface area contributed by atoms with Crippen molar-refractivity contribution in [1.82, 2.24) is 4.90 Å². The lowest BCUT2D eigenvalue weighted by atomic mass is 9.75. The second-order valence-electron chi connectivity index (χ2n) is 8.90. The van der Waals surface area contributed by atoms with Gasteiger partial charge in [-0.15, -0.1) is 0 Å². The van der Waals surface area contributed by atoms with Crippen molar-refractivity contribution in [2.45, 2.75) is 19.4 Å². The van der Waals surface area contributed by atoms with Crippen molar-refractivity contribution in [2.75, 3.05) is 33.9 Å². The van der Waals surface area contributed by atoms with Crippen LogP contribution in [0.25, 0.3) is 0 Å². The molecule has 1 heterocycles. The number of ether oxygens (including phenoxy) is 3. The number of aliphatic imine (C=N–C) groups is 1. The van der Waals surface area contributed by atoms with E-state index in [0.29, 0.717) is 18.7 Å². The van der Waals surface area contributed by atoms with E-state index in [0.717, 1.165) is 12.7 Å². The molecule has 3 rings (SSSR count). The summed E-state index contributed by atoms with van der Waals surface area (Å²) >= 11 is 0. The first-order valence-corrected chi connectivity index (χ1v) is 12.0. The van der Waals surface area contributed by atoms with Gasteiger partial charge in [-0.25, -0.2) is 9.59 Å². The summed E-state index contributed by atoms with van der Waals surface area (Å²) in [5, 5.41) is 11.5. The minimum atomic E-state index is -1.23. The Morgan fingerprint density at radius 3 is 2.46 bits per heavy atom. The molecule has 0 radical (unpaired) electrons. The number of nitro benzene ring substituents is 1. The molecule has 2 atom stereocenters. The number of esters is 2. The summed E-state index contributed by atoms with van der Waals surface area (Å²) in [5.41, 5.74) is 6.58.